The van der Waals surface area contributed by atoms with Crippen LogP contribution < -0.4 is 5.32 Å². The number of nitrogens with one attached hydrogen (secondary N) is 1. The van der Waals surface area contributed by atoms with E-state index >= 15 is 0 Å². The van der Waals surface area contributed by atoms with E-state index in [1.807, 2.05) is 60.7 Å². The molecule has 224 valence electrons. The second kappa shape index (κ2) is 12.6. The summed E-state index contributed by atoms with van der Waals surface area (Å²) in [5.41, 5.74) is 3.54. The molecule has 44 heavy (non-hydrogen) atoms. The van der Waals surface area contributed by atoms with Crippen molar-refractivity contribution in [1.82, 2.24) is 30.1 Å². The smallest absolute Gasteiger partial charge is 0.332 e. The van der Waals surface area contributed by atoms with Crippen molar-refractivity contribution in [3.8, 4) is 5.75 Å². The number of aromatic nitrogens is 1. The van der Waals surface area contributed by atoms with E-state index in [9.17, 15) is 19.5 Å². The van der Waals surface area contributed by atoms with E-state index in [1.54, 1.807) is 51.3 Å². The van der Waals surface area contributed by atoms with Crippen molar-refractivity contribution in [2.75, 3.05) is 19.6 Å². The van der Waals surface area contributed by atoms with Gasteiger partial charge < -0.3 is 20.2 Å². The number of hydrogen-bond acceptors (Lipinski definition) is 6. The number of urea groups is 1. The zero-order chi connectivity index (χ0) is 30.6. The van der Waals surface area contributed by atoms with Crippen LogP contribution in [0.4, 0.5) is 4.79 Å². The summed E-state index contributed by atoms with van der Waals surface area (Å²) < 4.78 is 0. The fourth-order valence-corrected chi connectivity index (χ4v) is 6.04. The number of piperazine rings is 1. The van der Waals surface area contributed by atoms with Crippen LogP contribution in [0.3, 0.4) is 0 Å². The van der Waals surface area contributed by atoms with E-state index in [2.05, 4.69) is 16.9 Å². The van der Waals surface area contributed by atoms with Gasteiger partial charge in [0.1, 0.15) is 18.0 Å². The third-order valence-corrected chi connectivity index (χ3v) is 8.17. The maximum absolute atomic E-state index is 14.2. The van der Waals surface area contributed by atoms with Crippen LogP contribution in [0.5, 0.6) is 5.75 Å². The monoisotopic (exact) mass is 590 g/mol. The highest BCUT2D eigenvalue weighted by molar-refractivity contribution is 5.92. The molecule has 3 aromatic carbocycles. The molecule has 2 aliphatic rings. The molecule has 4 amide bonds. The zero-order valence-electron chi connectivity index (χ0n) is 24.3. The highest BCUT2D eigenvalue weighted by Gasteiger charge is 2.52. The number of pyridine rings is 1. The SMILES string of the molecule is C=CCN(C(=O)NCc1ccccc1)N1CC(=O)N2[C@@H](Cc3ccc(O)cc3)C(=O)N(Cc3ccnc4ccccc34)C[C@@H]21. The minimum absolute atomic E-state index is 0.0529. The lowest BCUT2D eigenvalue weighted by molar-refractivity contribution is -0.157. The molecule has 10 heteroatoms. The molecular formula is C34H34N6O4. The van der Waals surface area contributed by atoms with Crippen molar-refractivity contribution in [2.45, 2.75) is 31.7 Å². The Kier molecular flexibility index (Phi) is 8.25. The number of phenols is 1. The van der Waals surface area contributed by atoms with Crippen LogP contribution in [0.1, 0.15) is 16.7 Å². The summed E-state index contributed by atoms with van der Waals surface area (Å²) in [6, 6.07) is 24.8. The number of fused-ring (bicyclic) bond motifs is 2. The molecule has 0 saturated carbocycles. The number of rotatable bonds is 9. The number of phenolic OH excluding ortho intramolecular Hbond substituents is 1. The van der Waals surface area contributed by atoms with E-state index < -0.39 is 12.2 Å². The largest absolute Gasteiger partial charge is 0.508 e. The van der Waals surface area contributed by atoms with Crippen LogP contribution in [-0.4, -0.2) is 79.6 Å². The maximum atomic E-state index is 14.2. The van der Waals surface area contributed by atoms with Gasteiger partial charge in [-0.05, 0) is 41.0 Å². The standard InChI is InChI=1S/C34H34N6O4/c1-2-18-38(34(44)36-20-25-8-4-3-5-9-25)39-23-32(42)40-30(19-24-12-14-27(41)15-13-24)33(43)37(22-31(39)40)21-26-16-17-35-29-11-7-6-10-28(26)29/h2-17,30-31,41H,1,18-23H2,(H,36,44)/t30-,31+/m0/s1. The summed E-state index contributed by atoms with van der Waals surface area (Å²) in [6.07, 6.45) is 3.06. The number of nitrogens with zero attached hydrogens (tertiary/aromatic N) is 5. The van der Waals surface area contributed by atoms with Gasteiger partial charge in [0.25, 0.3) is 0 Å². The van der Waals surface area contributed by atoms with Crippen LogP contribution in [-0.2, 0) is 29.1 Å². The Labute approximate surface area is 255 Å². The van der Waals surface area contributed by atoms with Gasteiger partial charge in [-0.1, -0.05) is 66.7 Å². The predicted octanol–water partition coefficient (Wildman–Crippen LogP) is 3.68. The Balaban J connectivity index is 1.32. The quantitative estimate of drug-likeness (QED) is 0.288. The molecule has 3 heterocycles. The van der Waals surface area contributed by atoms with E-state index in [-0.39, 0.29) is 49.7 Å². The molecule has 2 N–H and O–H groups in total. The Morgan fingerprint density at radius 1 is 1.00 bits per heavy atom. The Bertz CT molecular complexity index is 1670. The molecule has 0 spiro atoms. The van der Waals surface area contributed by atoms with Crippen molar-refractivity contribution in [2.24, 2.45) is 0 Å². The predicted molar refractivity (Wildman–Crippen MR) is 166 cm³/mol. The van der Waals surface area contributed by atoms with Crippen molar-refractivity contribution in [1.29, 1.82) is 0 Å². The minimum atomic E-state index is -0.790. The highest BCUT2D eigenvalue weighted by atomic mass is 16.3. The molecule has 6 rings (SSSR count). The van der Waals surface area contributed by atoms with Gasteiger partial charge in [-0.25, -0.2) is 4.79 Å². The Morgan fingerprint density at radius 2 is 1.75 bits per heavy atom. The summed E-state index contributed by atoms with van der Waals surface area (Å²) in [6.45, 7) is 4.84. The van der Waals surface area contributed by atoms with Gasteiger partial charge in [0.15, 0.2) is 0 Å². The molecule has 0 bridgehead atoms. The summed E-state index contributed by atoms with van der Waals surface area (Å²) in [5, 5.41) is 17.0. The first-order valence-corrected chi connectivity index (χ1v) is 14.6. The first kappa shape index (κ1) is 28.9. The second-order valence-corrected chi connectivity index (χ2v) is 11.0. The average Bonchev–Trinajstić information content (AvgIpc) is 3.37. The molecule has 4 aromatic rings. The molecule has 2 fully saturated rings. The van der Waals surface area contributed by atoms with Crippen LogP contribution in [0.15, 0.2) is 104 Å². The molecule has 2 atom stereocenters. The molecule has 2 aliphatic heterocycles. The maximum Gasteiger partial charge on any atom is 0.332 e. The number of amides is 4. The number of benzene rings is 3. The fraction of sp³-hybridized carbons (Fsp3) is 0.235. The fourth-order valence-electron chi connectivity index (χ4n) is 6.04. The first-order valence-electron chi connectivity index (χ1n) is 14.6. The number of para-hydroxylation sites is 1. The van der Waals surface area contributed by atoms with Gasteiger partial charge in [-0.15, -0.1) is 6.58 Å². The lowest BCUT2D eigenvalue weighted by Gasteiger charge is -2.46. The first-order chi connectivity index (χ1) is 21.4. The lowest BCUT2D eigenvalue weighted by atomic mass is 9.99. The third-order valence-electron chi connectivity index (χ3n) is 8.17. The summed E-state index contributed by atoms with van der Waals surface area (Å²) >= 11 is 0. The zero-order valence-corrected chi connectivity index (χ0v) is 24.3. The average molecular weight is 591 g/mol. The Morgan fingerprint density at radius 3 is 2.52 bits per heavy atom. The van der Waals surface area contributed by atoms with Crippen molar-refractivity contribution < 1.29 is 19.5 Å². The van der Waals surface area contributed by atoms with E-state index in [1.165, 1.54) is 5.01 Å². The van der Waals surface area contributed by atoms with Crippen LogP contribution in [0.2, 0.25) is 0 Å². The normalized spacial score (nSPS) is 18.4. The molecule has 1 aromatic heterocycles. The van der Waals surface area contributed by atoms with Gasteiger partial charge in [0.2, 0.25) is 11.8 Å². The van der Waals surface area contributed by atoms with Crippen molar-refractivity contribution in [3.05, 3.63) is 120 Å². The molecule has 0 radical (unpaired) electrons. The van der Waals surface area contributed by atoms with Crippen LogP contribution in [0, 0.1) is 0 Å². The van der Waals surface area contributed by atoms with Crippen LogP contribution in [0.25, 0.3) is 10.9 Å². The van der Waals surface area contributed by atoms with E-state index in [4.69, 9.17) is 0 Å². The van der Waals surface area contributed by atoms with E-state index in [0.717, 1.165) is 27.6 Å². The second-order valence-electron chi connectivity index (χ2n) is 11.0. The van der Waals surface area contributed by atoms with Gasteiger partial charge in [0, 0.05) is 31.1 Å². The third kappa shape index (κ3) is 5.84. The molecular weight excluding hydrogens is 556 g/mol. The van der Waals surface area contributed by atoms with Gasteiger partial charge >= 0.3 is 6.03 Å². The number of aromatic hydroxyl groups is 1. The minimum Gasteiger partial charge on any atom is -0.508 e. The van der Waals surface area contributed by atoms with Crippen molar-refractivity contribution >= 4 is 28.7 Å². The van der Waals surface area contributed by atoms with Gasteiger partial charge in [-0.2, -0.15) is 5.01 Å². The summed E-state index contributed by atoms with van der Waals surface area (Å²) in [4.78, 5) is 49.2. The molecule has 0 aliphatic carbocycles. The summed E-state index contributed by atoms with van der Waals surface area (Å²) in [5.74, 6) is -0.280. The topological polar surface area (TPSA) is 109 Å². The summed E-state index contributed by atoms with van der Waals surface area (Å²) in [7, 11) is 0. The molecule has 2 saturated heterocycles. The number of carbonyl (C=O) groups is 3. The number of hydrazine groups is 1. The highest BCUT2D eigenvalue weighted by Crippen LogP contribution is 2.31. The van der Waals surface area contributed by atoms with Crippen LogP contribution >= 0.6 is 0 Å². The molecule has 0 unspecified atom stereocenters. The van der Waals surface area contributed by atoms with Crippen molar-refractivity contribution in [3.63, 3.8) is 0 Å². The number of carbonyl (C=O) groups excluding carboxylic acids is 3. The lowest BCUT2D eigenvalue weighted by Crippen LogP contribution is -2.66. The van der Waals surface area contributed by atoms with Gasteiger partial charge in [0.05, 0.1) is 25.2 Å². The number of hydrogen-bond donors (Lipinski definition) is 2. The van der Waals surface area contributed by atoms with Gasteiger partial charge in [-0.3, -0.25) is 19.6 Å². The molecule has 10 nitrogen and oxygen atoms in total. The Hall–Kier alpha value is -5.22. The van der Waals surface area contributed by atoms with E-state index in [0.29, 0.717) is 13.1 Å².